The molecule has 1 saturated carbocycles. The summed E-state index contributed by atoms with van der Waals surface area (Å²) in [6.45, 7) is 2.74. The molecule has 0 aromatic carbocycles. The van der Waals surface area contributed by atoms with Gasteiger partial charge in [-0.05, 0) is 37.8 Å². The summed E-state index contributed by atoms with van der Waals surface area (Å²) in [6.07, 6.45) is 10.4. The highest BCUT2D eigenvalue weighted by Gasteiger charge is 2.16. The summed E-state index contributed by atoms with van der Waals surface area (Å²) < 4.78 is 2.07. The normalized spacial score (nSPS) is 18.1. The molecule has 4 nitrogen and oxygen atoms in total. The fourth-order valence-electron chi connectivity index (χ4n) is 2.84. The number of ketones is 1. The van der Waals surface area contributed by atoms with Gasteiger partial charge in [-0.15, -0.1) is 0 Å². The second kappa shape index (κ2) is 7.58. The van der Waals surface area contributed by atoms with Crippen LogP contribution >= 0.6 is 0 Å². The van der Waals surface area contributed by atoms with Crippen molar-refractivity contribution in [2.45, 2.75) is 64.3 Å². The summed E-state index contributed by atoms with van der Waals surface area (Å²) in [4.78, 5) is 11.9. The van der Waals surface area contributed by atoms with Crippen LogP contribution in [0.2, 0.25) is 0 Å². The smallest absolute Gasteiger partial charge is 0.138 e. The molecular formula is C16H27N3O. The maximum Gasteiger partial charge on any atom is 0.138 e. The van der Waals surface area contributed by atoms with Crippen LogP contribution in [-0.2, 0) is 11.2 Å². The lowest BCUT2D eigenvalue weighted by Crippen LogP contribution is -2.15. The molecule has 1 aromatic heterocycles. The largest absolute Gasteiger partial charge is 0.330 e. The molecule has 0 radical (unpaired) electrons. The Bertz CT molecular complexity index is 421. The van der Waals surface area contributed by atoms with Crippen molar-refractivity contribution in [3.05, 3.63) is 18.0 Å². The van der Waals surface area contributed by atoms with Crippen molar-refractivity contribution in [3.8, 4) is 0 Å². The monoisotopic (exact) mass is 277 g/mol. The van der Waals surface area contributed by atoms with Crippen molar-refractivity contribution in [1.29, 1.82) is 0 Å². The van der Waals surface area contributed by atoms with Gasteiger partial charge < -0.3 is 5.73 Å². The number of carbonyl (C=O) groups excluding carboxylic acids is 1. The molecular weight excluding hydrogens is 250 g/mol. The molecule has 4 heteroatoms. The van der Waals surface area contributed by atoms with E-state index in [0.717, 1.165) is 12.1 Å². The molecule has 1 atom stereocenters. The summed E-state index contributed by atoms with van der Waals surface area (Å²) in [5.74, 6) is 0.706. The SMILES string of the molecule is CC(CN)CCC(=O)Cc1ccn(C2CCCCC2)n1. The third-order valence-electron chi connectivity index (χ3n) is 4.31. The van der Waals surface area contributed by atoms with Crippen LogP contribution in [-0.4, -0.2) is 22.1 Å². The minimum atomic E-state index is 0.277. The third kappa shape index (κ3) is 4.44. The number of hydrogen-bond donors (Lipinski definition) is 1. The topological polar surface area (TPSA) is 60.9 Å². The number of carbonyl (C=O) groups is 1. The van der Waals surface area contributed by atoms with E-state index in [0.29, 0.717) is 31.3 Å². The van der Waals surface area contributed by atoms with Crippen LogP contribution in [0.25, 0.3) is 0 Å². The van der Waals surface area contributed by atoms with Crippen LogP contribution in [0.5, 0.6) is 0 Å². The van der Waals surface area contributed by atoms with E-state index in [1.807, 2.05) is 12.3 Å². The maximum atomic E-state index is 11.9. The molecule has 1 heterocycles. The van der Waals surface area contributed by atoms with E-state index < -0.39 is 0 Å². The van der Waals surface area contributed by atoms with Crippen molar-refractivity contribution < 1.29 is 4.79 Å². The predicted octanol–water partition coefficient (Wildman–Crippen LogP) is 2.87. The lowest BCUT2D eigenvalue weighted by Gasteiger charge is -2.21. The van der Waals surface area contributed by atoms with Crippen LogP contribution < -0.4 is 5.73 Å². The zero-order valence-electron chi connectivity index (χ0n) is 12.6. The van der Waals surface area contributed by atoms with Gasteiger partial charge in [-0.2, -0.15) is 5.10 Å². The molecule has 1 fully saturated rings. The van der Waals surface area contributed by atoms with Gasteiger partial charge in [0.1, 0.15) is 5.78 Å². The Morgan fingerprint density at radius 2 is 2.20 bits per heavy atom. The second-order valence-electron chi connectivity index (χ2n) is 6.17. The van der Waals surface area contributed by atoms with E-state index in [1.165, 1.54) is 32.1 Å². The van der Waals surface area contributed by atoms with E-state index in [-0.39, 0.29) is 5.78 Å². The molecule has 2 N–H and O–H groups in total. The van der Waals surface area contributed by atoms with Gasteiger partial charge in [0.25, 0.3) is 0 Å². The molecule has 0 spiro atoms. The fourth-order valence-corrected chi connectivity index (χ4v) is 2.84. The zero-order valence-corrected chi connectivity index (χ0v) is 12.6. The van der Waals surface area contributed by atoms with Crippen molar-refractivity contribution in [2.75, 3.05) is 6.54 Å². The Labute approximate surface area is 121 Å². The summed E-state index contributed by atoms with van der Waals surface area (Å²) >= 11 is 0. The number of hydrogen-bond acceptors (Lipinski definition) is 3. The Balaban J connectivity index is 1.81. The fraction of sp³-hybridized carbons (Fsp3) is 0.750. The molecule has 2 rings (SSSR count). The maximum absolute atomic E-state index is 11.9. The highest BCUT2D eigenvalue weighted by Crippen LogP contribution is 2.27. The number of nitrogens with zero attached hydrogens (tertiary/aromatic N) is 2. The van der Waals surface area contributed by atoms with E-state index in [4.69, 9.17) is 5.73 Å². The quantitative estimate of drug-likeness (QED) is 0.833. The molecule has 1 aromatic rings. The number of aromatic nitrogens is 2. The van der Waals surface area contributed by atoms with Gasteiger partial charge in [0, 0.05) is 12.6 Å². The first-order valence-electron chi connectivity index (χ1n) is 7.95. The molecule has 112 valence electrons. The molecule has 1 aliphatic rings. The molecule has 20 heavy (non-hydrogen) atoms. The van der Waals surface area contributed by atoms with Gasteiger partial charge in [-0.1, -0.05) is 26.2 Å². The molecule has 0 saturated heterocycles. The first-order valence-corrected chi connectivity index (χ1v) is 7.95. The first kappa shape index (κ1) is 15.2. The van der Waals surface area contributed by atoms with Crippen LogP contribution in [0.4, 0.5) is 0 Å². The number of Topliss-reactive ketones (excluding diaryl/α,β-unsaturated/α-hetero) is 1. The lowest BCUT2D eigenvalue weighted by atomic mass is 9.96. The van der Waals surface area contributed by atoms with Crippen LogP contribution in [0, 0.1) is 5.92 Å². The minimum absolute atomic E-state index is 0.277. The van der Waals surface area contributed by atoms with Gasteiger partial charge in [-0.3, -0.25) is 9.48 Å². The summed E-state index contributed by atoms with van der Waals surface area (Å²) in [6, 6.07) is 2.55. The molecule has 1 unspecified atom stereocenters. The van der Waals surface area contributed by atoms with Crippen molar-refractivity contribution in [2.24, 2.45) is 11.7 Å². The Hall–Kier alpha value is -1.16. The zero-order chi connectivity index (χ0) is 14.4. The van der Waals surface area contributed by atoms with Gasteiger partial charge in [0.05, 0.1) is 18.2 Å². The molecule has 1 aliphatic carbocycles. The van der Waals surface area contributed by atoms with Crippen LogP contribution in [0.15, 0.2) is 12.3 Å². The van der Waals surface area contributed by atoms with Crippen molar-refractivity contribution >= 4 is 5.78 Å². The van der Waals surface area contributed by atoms with Gasteiger partial charge in [-0.25, -0.2) is 0 Å². The van der Waals surface area contributed by atoms with E-state index in [9.17, 15) is 4.79 Å². The first-order chi connectivity index (χ1) is 9.69. The van der Waals surface area contributed by atoms with Crippen LogP contribution in [0.3, 0.4) is 0 Å². The Morgan fingerprint density at radius 3 is 2.90 bits per heavy atom. The van der Waals surface area contributed by atoms with Crippen LogP contribution in [0.1, 0.15) is 63.6 Å². The summed E-state index contributed by atoms with van der Waals surface area (Å²) in [7, 11) is 0. The molecule has 0 bridgehead atoms. The van der Waals surface area contributed by atoms with Crippen molar-refractivity contribution in [1.82, 2.24) is 9.78 Å². The molecule has 0 amide bonds. The lowest BCUT2D eigenvalue weighted by molar-refractivity contribution is -0.118. The molecule has 0 aliphatic heterocycles. The van der Waals surface area contributed by atoms with E-state index in [2.05, 4.69) is 16.7 Å². The van der Waals surface area contributed by atoms with E-state index >= 15 is 0 Å². The van der Waals surface area contributed by atoms with E-state index in [1.54, 1.807) is 0 Å². The Kier molecular flexibility index (Phi) is 5.77. The van der Waals surface area contributed by atoms with Gasteiger partial charge >= 0.3 is 0 Å². The average Bonchev–Trinajstić information content (AvgIpc) is 2.94. The highest BCUT2D eigenvalue weighted by atomic mass is 16.1. The Morgan fingerprint density at radius 1 is 1.45 bits per heavy atom. The van der Waals surface area contributed by atoms with Gasteiger partial charge in [0.15, 0.2) is 0 Å². The van der Waals surface area contributed by atoms with Crippen molar-refractivity contribution in [3.63, 3.8) is 0 Å². The second-order valence-corrected chi connectivity index (χ2v) is 6.17. The third-order valence-corrected chi connectivity index (χ3v) is 4.31. The van der Waals surface area contributed by atoms with Gasteiger partial charge in [0.2, 0.25) is 0 Å². The number of nitrogens with two attached hydrogens (primary N) is 1. The summed E-state index contributed by atoms with van der Waals surface area (Å²) in [5, 5.41) is 4.59. The highest BCUT2D eigenvalue weighted by molar-refractivity contribution is 5.80. The number of rotatable bonds is 7. The summed E-state index contributed by atoms with van der Waals surface area (Å²) in [5.41, 5.74) is 6.49. The average molecular weight is 277 g/mol. The standard InChI is InChI=1S/C16H27N3O/c1-13(12-17)7-8-16(20)11-14-9-10-19(18-14)15-5-3-2-4-6-15/h9-10,13,15H,2-8,11-12,17H2,1H3. The predicted molar refractivity (Wildman–Crippen MR) is 80.5 cm³/mol. The minimum Gasteiger partial charge on any atom is -0.330 e.